The Kier molecular flexibility index (Phi) is 4.03. The summed E-state index contributed by atoms with van der Waals surface area (Å²) in [4.78, 5) is 10.8. The third kappa shape index (κ3) is 2.37. The molecule has 0 aromatic heterocycles. The third-order valence-corrected chi connectivity index (χ3v) is 3.57. The van der Waals surface area contributed by atoms with Crippen molar-refractivity contribution in [1.82, 2.24) is 0 Å². The highest BCUT2D eigenvalue weighted by molar-refractivity contribution is 5.82. The van der Waals surface area contributed by atoms with Crippen molar-refractivity contribution >= 4 is 11.4 Å². The van der Waals surface area contributed by atoms with E-state index in [2.05, 4.69) is 0 Å². The highest BCUT2D eigenvalue weighted by Crippen LogP contribution is 2.35. The first-order valence-corrected chi connectivity index (χ1v) is 6.74. The van der Waals surface area contributed by atoms with Crippen LogP contribution in [0.25, 0.3) is 11.1 Å². The van der Waals surface area contributed by atoms with E-state index in [1.54, 1.807) is 12.1 Å². The Morgan fingerprint density at radius 1 is 1.05 bits per heavy atom. The number of hydrogen-bond acceptors (Lipinski definition) is 3. The largest absolute Gasteiger partial charge is 0.398 e. The van der Waals surface area contributed by atoms with E-state index >= 15 is 0 Å². The summed E-state index contributed by atoms with van der Waals surface area (Å²) in [6.45, 7) is 3.97. The predicted octanol–water partition coefficient (Wildman–Crippen LogP) is 3.97. The summed E-state index contributed by atoms with van der Waals surface area (Å²) in [6.07, 6.45) is 1.44. The molecule has 2 rings (SSSR count). The van der Waals surface area contributed by atoms with Gasteiger partial charge in [0.25, 0.3) is 5.69 Å². The molecule has 0 saturated carbocycles. The fourth-order valence-corrected chi connectivity index (χ4v) is 2.53. The summed E-state index contributed by atoms with van der Waals surface area (Å²) in [7, 11) is 0. The Hall–Kier alpha value is -2.36. The fraction of sp³-hybridized carbons (Fsp3) is 0.250. The standard InChI is InChI=1S/C16H18N2O2/c1-3-11-7-5-9-14(16(11)17)13-8-6-10-15(18(19)20)12(13)4-2/h5-10H,3-4,17H2,1-2H3. The number of rotatable bonds is 4. The minimum atomic E-state index is -0.331. The average molecular weight is 270 g/mol. The number of nitrogens with two attached hydrogens (primary N) is 1. The molecule has 0 radical (unpaired) electrons. The van der Waals surface area contributed by atoms with E-state index in [0.29, 0.717) is 12.1 Å². The van der Waals surface area contributed by atoms with Gasteiger partial charge in [0.1, 0.15) is 0 Å². The number of anilines is 1. The molecule has 0 spiro atoms. The lowest BCUT2D eigenvalue weighted by molar-refractivity contribution is -0.385. The molecule has 0 heterocycles. The first-order valence-electron chi connectivity index (χ1n) is 6.74. The molecule has 0 bridgehead atoms. The van der Waals surface area contributed by atoms with Crippen LogP contribution < -0.4 is 5.73 Å². The van der Waals surface area contributed by atoms with Crippen LogP contribution in [0.3, 0.4) is 0 Å². The maximum absolute atomic E-state index is 11.1. The van der Waals surface area contributed by atoms with Crippen molar-refractivity contribution in [1.29, 1.82) is 0 Å². The Morgan fingerprint density at radius 3 is 2.30 bits per heavy atom. The topological polar surface area (TPSA) is 69.2 Å². The molecule has 0 amide bonds. The van der Waals surface area contributed by atoms with Crippen LogP contribution in [0.5, 0.6) is 0 Å². The van der Waals surface area contributed by atoms with Gasteiger partial charge in [-0.05, 0) is 24.0 Å². The number of hydrogen-bond donors (Lipinski definition) is 1. The van der Waals surface area contributed by atoms with Crippen LogP contribution >= 0.6 is 0 Å². The third-order valence-electron chi connectivity index (χ3n) is 3.57. The number of nitro benzene ring substituents is 1. The van der Waals surface area contributed by atoms with Crippen LogP contribution in [0.2, 0.25) is 0 Å². The second kappa shape index (κ2) is 5.74. The molecule has 0 atom stereocenters. The van der Waals surface area contributed by atoms with Gasteiger partial charge in [-0.3, -0.25) is 10.1 Å². The summed E-state index contributed by atoms with van der Waals surface area (Å²) in [5.74, 6) is 0. The number of nitrogens with zero attached hydrogens (tertiary/aromatic N) is 1. The molecule has 4 heteroatoms. The molecular formula is C16H18N2O2. The van der Waals surface area contributed by atoms with E-state index in [-0.39, 0.29) is 10.6 Å². The van der Waals surface area contributed by atoms with E-state index in [1.165, 1.54) is 0 Å². The minimum Gasteiger partial charge on any atom is -0.398 e. The Labute approximate surface area is 118 Å². The number of para-hydroxylation sites is 1. The Bertz CT molecular complexity index is 651. The maximum atomic E-state index is 11.1. The second-order valence-electron chi connectivity index (χ2n) is 4.65. The predicted molar refractivity (Wildman–Crippen MR) is 81.7 cm³/mol. The van der Waals surface area contributed by atoms with Crippen molar-refractivity contribution in [3.05, 3.63) is 57.6 Å². The monoisotopic (exact) mass is 270 g/mol. The second-order valence-corrected chi connectivity index (χ2v) is 4.65. The minimum absolute atomic E-state index is 0.159. The lowest BCUT2D eigenvalue weighted by atomic mass is 9.93. The zero-order chi connectivity index (χ0) is 14.7. The maximum Gasteiger partial charge on any atom is 0.273 e. The number of nitro groups is 1. The molecule has 2 aromatic carbocycles. The molecule has 104 valence electrons. The molecule has 2 N–H and O–H groups in total. The van der Waals surface area contributed by atoms with E-state index in [0.717, 1.165) is 28.7 Å². The summed E-state index contributed by atoms with van der Waals surface area (Å²) in [5.41, 5.74) is 10.6. The normalized spacial score (nSPS) is 10.5. The molecule has 0 saturated heterocycles. The molecule has 0 fully saturated rings. The van der Waals surface area contributed by atoms with Crippen molar-refractivity contribution in [2.45, 2.75) is 26.7 Å². The summed E-state index contributed by atoms with van der Waals surface area (Å²) in [6, 6.07) is 11.0. The Morgan fingerprint density at radius 2 is 1.70 bits per heavy atom. The van der Waals surface area contributed by atoms with Gasteiger partial charge in [0.2, 0.25) is 0 Å². The van der Waals surface area contributed by atoms with Crippen LogP contribution in [0.1, 0.15) is 25.0 Å². The van der Waals surface area contributed by atoms with Gasteiger partial charge in [-0.15, -0.1) is 0 Å². The van der Waals surface area contributed by atoms with Gasteiger partial charge in [-0.1, -0.05) is 44.2 Å². The summed E-state index contributed by atoms with van der Waals surface area (Å²) >= 11 is 0. The molecule has 2 aromatic rings. The van der Waals surface area contributed by atoms with Gasteiger partial charge in [-0.25, -0.2) is 0 Å². The van der Waals surface area contributed by atoms with Crippen LogP contribution in [-0.4, -0.2) is 4.92 Å². The van der Waals surface area contributed by atoms with E-state index in [4.69, 9.17) is 5.73 Å². The van der Waals surface area contributed by atoms with Crippen LogP contribution in [0, 0.1) is 10.1 Å². The van der Waals surface area contributed by atoms with Crippen LogP contribution in [0.15, 0.2) is 36.4 Å². The quantitative estimate of drug-likeness (QED) is 0.519. The zero-order valence-corrected chi connectivity index (χ0v) is 11.7. The molecule has 0 aliphatic rings. The lowest BCUT2D eigenvalue weighted by Gasteiger charge is -2.13. The summed E-state index contributed by atoms with van der Waals surface area (Å²) in [5, 5.41) is 11.1. The number of aryl methyl sites for hydroxylation is 1. The smallest absolute Gasteiger partial charge is 0.273 e. The van der Waals surface area contributed by atoms with Gasteiger partial charge in [-0.2, -0.15) is 0 Å². The van der Waals surface area contributed by atoms with Gasteiger partial charge < -0.3 is 5.73 Å². The van der Waals surface area contributed by atoms with Gasteiger partial charge in [0.15, 0.2) is 0 Å². The Balaban J connectivity index is 2.70. The molecule has 0 unspecified atom stereocenters. The first-order chi connectivity index (χ1) is 9.60. The van der Waals surface area contributed by atoms with Crippen molar-refractivity contribution in [2.75, 3.05) is 5.73 Å². The van der Waals surface area contributed by atoms with Crippen molar-refractivity contribution in [2.24, 2.45) is 0 Å². The van der Waals surface area contributed by atoms with Crippen molar-refractivity contribution < 1.29 is 4.92 Å². The molecule has 0 aliphatic carbocycles. The number of nitrogen functional groups attached to an aromatic ring is 1. The molecule has 4 nitrogen and oxygen atoms in total. The van der Waals surface area contributed by atoms with Gasteiger partial charge in [0, 0.05) is 22.9 Å². The fourth-order valence-electron chi connectivity index (χ4n) is 2.53. The van der Waals surface area contributed by atoms with E-state index < -0.39 is 0 Å². The van der Waals surface area contributed by atoms with Gasteiger partial charge in [0.05, 0.1) is 4.92 Å². The average Bonchev–Trinajstić information content (AvgIpc) is 2.46. The first kappa shape index (κ1) is 14.1. The van der Waals surface area contributed by atoms with Crippen LogP contribution in [0.4, 0.5) is 11.4 Å². The highest BCUT2D eigenvalue weighted by atomic mass is 16.6. The SMILES string of the molecule is CCc1cccc(-c2cccc([N+](=O)[O-])c2CC)c1N. The van der Waals surface area contributed by atoms with E-state index in [9.17, 15) is 10.1 Å². The molecule has 0 aliphatic heterocycles. The van der Waals surface area contributed by atoms with E-state index in [1.807, 2.05) is 38.1 Å². The molecular weight excluding hydrogens is 252 g/mol. The lowest BCUT2D eigenvalue weighted by Crippen LogP contribution is -2.00. The number of benzene rings is 2. The summed E-state index contributed by atoms with van der Waals surface area (Å²) < 4.78 is 0. The van der Waals surface area contributed by atoms with Gasteiger partial charge >= 0.3 is 0 Å². The molecule has 20 heavy (non-hydrogen) atoms. The van der Waals surface area contributed by atoms with Crippen LogP contribution in [-0.2, 0) is 12.8 Å². The van der Waals surface area contributed by atoms with Crippen molar-refractivity contribution in [3.8, 4) is 11.1 Å². The van der Waals surface area contributed by atoms with Crippen molar-refractivity contribution in [3.63, 3.8) is 0 Å². The highest BCUT2D eigenvalue weighted by Gasteiger charge is 2.18. The zero-order valence-electron chi connectivity index (χ0n) is 11.7.